The summed E-state index contributed by atoms with van der Waals surface area (Å²) < 4.78 is 74.1. The molecular weight excluding hydrogens is 316 g/mol. The van der Waals surface area contributed by atoms with Gasteiger partial charge in [-0.15, -0.1) is 0 Å². The van der Waals surface area contributed by atoms with Crippen LogP contribution in [0.15, 0.2) is 18.3 Å². The van der Waals surface area contributed by atoms with Gasteiger partial charge in [0.15, 0.2) is 0 Å². The first-order chi connectivity index (χ1) is 10.0. The first kappa shape index (κ1) is 17.7. The van der Waals surface area contributed by atoms with Gasteiger partial charge in [0.2, 0.25) is 0 Å². The summed E-state index contributed by atoms with van der Waals surface area (Å²) in [6.07, 6.45) is -9.19. The van der Waals surface area contributed by atoms with Gasteiger partial charge < -0.3 is 4.90 Å². The second kappa shape index (κ2) is 6.64. The standard InChI is InChI=1S/C12H9F6N3O/c13-11(14,15)7-21(5-1-4-19)10(22)8-2-3-9(20-6-8)12(16,17)18/h2-3,6H,1,5,7H2. The Hall–Kier alpha value is -2.31. The molecule has 0 N–H and O–H groups in total. The van der Waals surface area contributed by atoms with Crippen LogP contribution in [0.4, 0.5) is 26.3 Å². The molecule has 120 valence electrons. The Balaban J connectivity index is 2.96. The maximum Gasteiger partial charge on any atom is 0.433 e. The third-order valence-corrected chi connectivity index (χ3v) is 2.45. The molecule has 0 bridgehead atoms. The molecule has 0 aliphatic rings. The van der Waals surface area contributed by atoms with Crippen molar-refractivity contribution in [1.29, 1.82) is 5.26 Å². The fourth-order valence-corrected chi connectivity index (χ4v) is 1.52. The van der Waals surface area contributed by atoms with E-state index in [0.717, 1.165) is 6.07 Å². The predicted octanol–water partition coefficient (Wildman–Crippen LogP) is 3.02. The van der Waals surface area contributed by atoms with E-state index in [1.807, 2.05) is 0 Å². The fraction of sp³-hybridized carbons (Fsp3) is 0.417. The van der Waals surface area contributed by atoms with Gasteiger partial charge in [-0.1, -0.05) is 0 Å². The third kappa shape index (κ3) is 5.23. The van der Waals surface area contributed by atoms with Crippen LogP contribution >= 0.6 is 0 Å². The van der Waals surface area contributed by atoms with Crippen molar-refractivity contribution < 1.29 is 31.1 Å². The van der Waals surface area contributed by atoms with Gasteiger partial charge in [-0.3, -0.25) is 9.78 Å². The van der Waals surface area contributed by atoms with Crippen molar-refractivity contribution in [3.8, 4) is 6.07 Å². The van der Waals surface area contributed by atoms with E-state index in [1.165, 1.54) is 0 Å². The lowest BCUT2D eigenvalue weighted by atomic mass is 10.2. The Morgan fingerprint density at radius 3 is 2.27 bits per heavy atom. The molecule has 0 atom stereocenters. The van der Waals surface area contributed by atoms with Gasteiger partial charge in [0.25, 0.3) is 5.91 Å². The molecule has 0 fully saturated rings. The topological polar surface area (TPSA) is 57.0 Å². The zero-order chi connectivity index (χ0) is 17.0. The van der Waals surface area contributed by atoms with Crippen LogP contribution in [0.3, 0.4) is 0 Å². The van der Waals surface area contributed by atoms with Crippen LogP contribution in [0.1, 0.15) is 22.5 Å². The van der Waals surface area contributed by atoms with E-state index in [9.17, 15) is 31.1 Å². The minimum atomic E-state index is -4.71. The quantitative estimate of drug-likeness (QED) is 0.800. The molecule has 4 nitrogen and oxygen atoms in total. The van der Waals surface area contributed by atoms with E-state index >= 15 is 0 Å². The molecular formula is C12H9F6N3O. The highest BCUT2D eigenvalue weighted by Crippen LogP contribution is 2.27. The number of alkyl halides is 6. The summed E-state index contributed by atoms with van der Waals surface area (Å²) in [4.78, 5) is 15.2. The zero-order valence-corrected chi connectivity index (χ0v) is 10.9. The lowest BCUT2D eigenvalue weighted by Crippen LogP contribution is -2.39. The molecule has 1 aromatic rings. The molecule has 1 aromatic heterocycles. The zero-order valence-electron chi connectivity index (χ0n) is 10.9. The highest BCUT2D eigenvalue weighted by atomic mass is 19.4. The lowest BCUT2D eigenvalue weighted by molar-refractivity contribution is -0.141. The number of hydrogen-bond acceptors (Lipinski definition) is 3. The summed E-state index contributed by atoms with van der Waals surface area (Å²) in [6, 6.07) is 2.84. The van der Waals surface area contributed by atoms with Crippen LogP contribution in [0.5, 0.6) is 0 Å². The molecule has 0 unspecified atom stereocenters. The van der Waals surface area contributed by atoms with Gasteiger partial charge in [-0.2, -0.15) is 31.6 Å². The Labute approximate surface area is 121 Å². The monoisotopic (exact) mass is 325 g/mol. The molecule has 1 heterocycles. The number of aromatic nitrogens is 1. The van der Waals surface area contributed by atoms with Crippen LogP contribution < -0.4 is 0 Å². The number of hydrogen-bond donors (Lipinski definition) is 0. The van der Waals surface area contributed by atoms with E-state index in [-0.39, 0.29) is 6.42 Å². The number of carbonyl (C=O) groups is 1. The van der Waals surface area contributed by atoms with Gasteiger partial charge in [0.1, 0.15) is 12.2 Å². The molecule has 0 radical (unpaired) electrons. The van der Waals surface area contributed by atoms with Crippen molar-refractivity contribution in [2.24, 2.45) is 0 Å². The normalized spacial score (nSPS) is 11.9. The van der Waals surface area contributed by atoms with Gasteiger partial charge in [-0.25, -0.2) is 0 Å². The third-order valence-electron chi connectivity index (χ3n) is 2.45. The average Bonchev–Trinajstić information content (AvgIpc) is 2.40. The lowest BCUT2D eigenvalue weighted by Gasteiger charge is -2.23. The SMILES string of the molecule is N#CCCN(CC(F)(F)F)C(=O)c1ccc(C(F)(F)F)nc1. The Morgan fingerprint density at radius 1 is 1.23 bits per heavy atom. The van der Waals surface area contributed by atoms with Crippen LogP contribution in [0.2, 0.25) is 0 Å². The number of pyridine rings is 1. The number of nitriles is 1. The molecule has 1 amide bonds. The summed E-state index contributed by atoms with van der Waals surface area (Å²) in [7, 11) is 0. The molecule has 0 aromatic carbocycles. The first-order valence-electron chi connectivity index (χ1n) is 5.81. The number of rotatable bonds is 4. The Kier molecular flexibility index (Phi) is 5.35. The Bertz CT molecular complexity index is 558. The highest BCUT2D eigenvalue weighted by Gasteiger charge is 2.34. The van der Waals surface area contributed by atoms with Crippen LogP contribution in [0, 0.1) is 11.3 Å². The summed E-state index contributed by atoms with van der Waals surface area (Å²) in [5.41, 5.74) is -1.68. The van der Waals surface area contributed by atoms with E-state index in [0.29, 0.717) is 17.2 Å². The molecule has 0 spiro atoms. The molecule has 10 heteroatoms. The highest BCUT2D eigenvalue weighted by molar-refractivity contribution is 5.94. The summed E-state index contributed by atoms with van der Waals surface area (Å²) in [6.45, 7) is -2.09. The van der Waals surface area contributed by atoms with Crippen LogP contribution in [-0.4, -0.2) is 35.1 Å². The molecule has 0 saturated carbocycles. The summed E-state index contributed by atoms with van der Waals surface area (Å²) in [5.74, 6) is -1.14. The van der Waals surface area contributed by atoms with Gasteiger partial charge in [-0.05, 0) is 12.1 Å². The minimum Gasteiger partial charge on any atom is -0.328 e. The average molecular weight is 325 g/mol. The van der Waals surface area contributed by atoms with Crippen LogP contribution in [-0.2, 0) is 6.18 Å². The number of carbonyl (C=O) groups excluding carboxylic acids is 1. The minimum absolute atomic E-state index is 0.337. The molecule has 0 aliphatic heterocycles. The van der Waals surface area contributed by atoms with E-state index in [4.69, 9.17) is 5.26 Å². The Morgan fingerprint density at radius 2 is 1.86 bits per heavy atom. The number of halogens is 6. The van der Waals surface area contributed by atoms with Crippen LogP contribution in [0.25, 0.3) is 0 Å². The molecule has 0 aliphatic carbocycles. The van der Waals surface area contributed by atoms with Crippen molar-refractivity contribution in [2.75, 3.05) is 13.1 Å². The first-order valence-corrected chi connectivity index (χ1v) is 5.81. The summed E-state index contributed by atoms with van der Waals surface area (Å²) in [5, 5.41) is 8.39. The molecule has 22 heavy (non-hydrogen) atoms. The maximum atomic E-state index is 12.4. The van der Waals surface area contributed by atoms with E-state index in [2.05, 4.69) is 4.98 Å². The second-order valence-electron chi connectivity index (χ2n) is 4.18. The fourth-order valence-electron chi connectivity index (χ4n) is 1.52. The van der Waals surface area contributed by atoms with E-state index in [1.54, 1.807) is 6.07 Å². The van der Waals surface area contributed by atoms with Crippen molar-refractivity contribution in [2.45, 2.75) is 18.8 Å². The number of amides is 1. The second-order valence-corrected chi connectivity index (χ2v) is 4.18. The summed E-state index contributed by atoms with van der Waals surface area (Å²) >= 11 is 0. The molecule has 0 saturated heterocycles. The van der Waals surface area contributed by atoms with Crippen molar-refractivity contribution in [3.05, 3.63) is 29.6 Å². The molecule has 1 rings (SSSR count). The maximum absolute atomic E-state index is 12.4. The number of nitrogens with zero attached hydrogens (tertiary/aromatic N) is 3. The smallest absolute Gasteiger partial charge is 0.328 e. The van der Waals surface area contributed by atoms with Crippen molar-refractivity contribution in [3.63, 3.8) is 0 Å². The van der Waals surface area contributed by atoms with Gasteiger partial charge in [0, 0.05) is 12.7 Å². The largest absolute Gasteiger partial charge is 0.433 e. The van der Waals surface area contributed by atoms with Crippen molar-refractivity contribution >= 4 is 5.91 Å². The van der Waals surface area contributed by atoms with E-state index < -0.39 is 42.6 Å². The van der Waals surface area contributed by atoms with Crippen molar-refractivity contribution in [1.82, 2.24) is 9.88 Å². The van der Waals surface area contributed by atoms with Gasteiger partial charge in [0.05, 0.1) is 18.1 Å². The van der Waals surface area contributed by atoms with Gasteiger partial charge >= 0.3 is 12.4 Å². The predicted molar refractivity (Wildman–Crippen MR) is 61.4 cm³/mol.